The van der Waals surface area contributed by atoms with Crippen LogP contribution < -0.4 is 19.7 Å². The van der Waals surface area contributed by atoms with Gasteiger partial charge in [-0.15, -0.1) is 0 Å². The van der Waals surface area contributed by atoms with Gasteiger partial charge in [-0.1, -0.05) is 6.92 Å². The van der Waals surface area contributed by atoms with Gasteiger partial charge >= 0.3 is 0 Å². The molecule has 0 fully saturated rings. The first-order valence-corrected chi connectivity index (χ1v) is 7.49. The van der Waals surface area contributed by atoms with E-state index in [1.807, 2.05) is 0 Å². The summed E-state index contributed by atoms with van der Waals surface area (Å²) in [4.78, 5) is 24.7. The number of nitrogens with one attached hydrogen (secondary N) is 1. The van der Waals surface area contributed by atoms with Crippen LogP contribution in [-0.4, -0.2) is 26.5 Å². The molecule has 6 nitrogen and oxygen atoms in total. The predicted molar refractivity (Wildman–Crippen MR) is 93.1 cm³/mol. The lowest BCUT2D eigenvalue weighted by Crippen LogP contribution is -2.15. The molecule has 0 aliphatic carbocycles. The molecule has 0 aromatic heterocycles. The van der Waals surface area contributed by atoms with Gasteiger partial charge < -0.3 is 14.8 Å². The molecular weight excluding hydrogens is 308 g/mol. The lowest BCUT2D eigenvalue weighted by atomic mass is 10.2. The maximum atomic E-state index is 11.7. The Balaban J connectivity index is 2.38. The van der Waals surface area contributed by atoms with Crippen LogP contribution in [0.2, 0.25) is 0 Å². The first kappa shape index (κ1) is 17.3. The Kier molecular flexibility index (Phi) is 5.78. The summed E-state index contributed by atoms with van der Waals surface area (Å²) in [6.07, 6.45) is 1.07. The third-order valence-corrected chi connectivity index (χ3v) is 3.51. The van der Waals surface area contributed by atoms with Crippen molar-refractivity contribution in [3.05, 3.63) is 42.5 Å². The molecular formula is C18H20N2O4. The molecule has 0 saturated carbocycles. The van der Waals surface area contributed by atoms with E-state index < -0.39 is 0 Å². The fourth-order valence-electron chi connectivity index (χ4n) is 2.20. The van der Waals surface area contributed by atoms with Gasteiger partial charge in [-0.3, -0.25) is 14.5 Å². The van der Waals surface area contributed by atoms with E-state index in [1.165, 1.54) is 12.0 Å². The Hall–Kier alpha value is -3.02. The molecule has 0 heterocycles. The van der Waals surface area contributed by atoms with Crippen LogP contribution in [0.4, 0.5) is 17.1 Å². The number of ether oxygens (including phenoxy) is 2. The third-order valence-electron chi connectivity index (χ3n) is 3.51. The molecule has 2 amide bonds. The minimum absolute atomic E-state index is 0.132. The summed E-state index contributed by atoms with van der Waals surface area (Å²) >= 11 is 0. The van der Waals surface area contributed by atoms with E-state index in [9.17, 15) is 9.59 Å². The normalized spacial score (nSPS) is 9.96. The van der Waals surface area contributed by atoms with Crippen LogP contribution >= 0.6 is 0 Å². The second-order valence-electron chi connectivity index (χ2n) is 4.96. The van der Waals surface area contributed by atoms with Crippen LogP contribution in [-0.2, 0) is 9.59 Å². The van der Waals surface area contributed by atoms with Crippen LogP contribution in [0.5, 0.6) is 11.5 Å². The quantitative estimate of drug-likeness (QED) is 0.792. The predicted octanol–water partition coefficient (Wildman–Crippen LogP) is 3.35. The molecule has 0 unspecified atom stereocenters. The van der Waals surface area contributed by atoms with Gasteiger partial charge in [0.25, 0.3) is 0 Å². The smallest absolute Gasteiger partial charge is 0.224 e. The van der Waals surface area contributed by atoms with Crippen LogP contribution in [0.25, 0.3) is 0 Å². The van der Waals surface area contributed by atoms with Crippen molar-refractivity contribution in [3.63, 3.8) is 0 Å². The number of carbonyl (C=O) groups excluding carboxylic acids is 2. The molecule has 0 aliphatic heterocycles. The van der Waals surface area contributed by atoms with Gasteiger partial charge in [-0.05, 0) is 42.5 Å². The van der Waals surface area contributed by atoms with E-state index in [4.69, 9.17) is 9.47 Å². The summed E-state index contributed by atoms with van der Waals surface area (Å²) in [7, 11) is 3.11. The number of hydrogen-bond donors (Lipinski definition) is 1. The summed E-state index contributed by atoms with van der Waals surface area (Å²) in [5, 5.41) is 2.77. The Morgan fingerprint density at radius 1 is 1.08 bits per heavy atom. The summed E-state index contributed by atoms with van der Waals surface area (Å²) < 4.78 is 10.4. The molecule has 2 aromatic carbocycles. The first-order chi connectivity index (χ1) is 11.6. The van der Waals surface area contributed by atoms with Gasteiger partial charge in [0.05, 0.1) is 25.6 Å². The van der Waals surface area contributed by atoms with Crippen molar-refractivity contribution in [2.45, 2.75) is 13.3 Å². The summed E-state index contributed by atoms with van der Waals surface area (Å²) in [6.45, 7) is 1.76. The van der Waals surface area contributed by atoms with Crippen LogP contribution in [0.3, 0.4) is 0 Å². The summed E-state index contributed by atoms with van der Waals surface area (Å²) in [5.74, 6) is 1.10. The average molecular weight is 328 g/mol. The zero-order chi connectivity index (χ0) is 17.5. The van der Waals surface area contributed by atoms with E-state index in [0.717, 1.165) is 6.41 Å². The molecule has 0 radical (unpaired) electrons. The molecule has 1 N–H and O–H groups in total. The molecule has 2 aromatic rings. The number of anilines is 3. The molecule has 0 saturated heterocycles. The van der Waals surface area contributed by atoms with Gasteiger partial charge in [0, 0.05) is 12.1 Å². The van der Waals surface area contributed by atoms with E-state index in [-0.39, 0.29) is 5.91 Å². The summed E-state index contributed by atoms with van der Waals surface area (Å²) in [6, 6.07) is 12.3. The minimum Gasteiger partial charge on any atom is -0.497 e. The van der Waals surface area contributed by atoms with Crippen molar-refractivity contribution in [1.82, 2.24) is 0 Å². The highest BCUT2D eigenvalue weighted by Gasteiger charge is 2.13. The zero-order valence-electron chi connectivity index (χ0n) is 13.9. The fraction of sp³-hybridized carbons (Fsp3) is 0.222. The second kappa shape index (κ2) is 8.01. The van der Waals surface area contributed by atoms with Gasteiger partial charge in [0.15, 0.2) is 0 Å². The molecule has 126 valence electrons. The topological polar surface area (TPSA) is 67.9 Å². The molecule has 0 bridgehead atoms. The van der Waals surface area contributed by atoms with E-state index in [0.29, 0.717) is 35.0 Å². The van der Waals surface area contributed by atoms with Gasteiger partial charge in [-0.25, -0.2) is 0 Å². The molecule has 0 atom stereocenters. The monoisotopic (exact) mass is 328 g/mol. The highest BCUT2D eigenvalue weighted by atomic mass is 16.5. The van der Waals surface area contributed by atoms with E-state index >= 15 is 0 Å². The SMILES string of the molecule is CCC(=O)Nc1cc(N(C=O)c2ccc(OC)cc2)ccc1OC. The fourth-order valence-corrected chi connectivity index (χ4v) is 2.20. The van der Waals surface area contributed by atoms with Crippen molar-refractivity contribution in [3.8, 4) is 11.5 Å². The lowest BCUT2D eigenvalue weighted by molar-refractivity contribution is -0.115. The number of carbonyl (C=O) groups is 2. The Morgan fingerprint density at radius 3 is 2.29 bits per heavy atom. The van der Waals surface area contributed by atoms with Crippen LogP contribution in [0.15, 0.2) is 42.5 Å². The highest BCUT2D eigenvalue weighted by Crippen LogP contribution is 2.33. The second-order valence-corrected chi connectivity index (χ2v) is 4.96. The standard InChI is InChI=1S/C18H20N2O4/c1-4-18(22)19-16-11-14(7-10-17(16)24-3)20(12-21)13-5-8-15(23-2)9-6-13/h5-12H,4H2,1-3H3,(H,19,22). The average Bonchev–Trinajstić information content (AvgIpc) is 2.63. The first-order valence-electron chi connectivity index (χ1n) is 7.49. The van der Waals surface area contributed by atoms with Crippen molar-refractivity contribution in [2.24, 2.45) is 0 Å². The third kappa shape index (κ3) is 3.84. The number of benzene rings is 2. The Labute approximate surface area is 141 Å². The van der Waals surface area contributed by atoms with Gasteiger partial charge in [0.2, 0.25) is 12.3 Å². The van der Waals surface area contributed by atoms with Crippen molar-refractivity contribution >= 4 is 29.4 Å². The maximum Gasteiger partial charge on any atom is 0.224 e. The molecule has 2 rings (SSSR count). The highest BCUT2D eigenvalue weighted by molar-refractivity contribution is 5.94. The zero-order valence-corrected chi connectivity index (χ0v) is 13.9. The van der Waals surface area contributed by atoms with Crippen molar-refractivity contribution in [2.75, 3.05) is 24.4 Å². The number of hydrogen-bond acceptors (Lipinski definition) is 4. The van der Waals surface area contributed by atoms with Gasteiger partial charge in [0.1, 0.15) is 11.5 Å². The van der Waals surface area contributed by atoms with Crippen molar-refractivity contribution in [1.29, 1.82) is 0 Å². The van der Waals surface area contributed by atoms with E-state index in [1.54, 1.807) is 56.5 Å². The number of amides is 2. The molecule has 0 aliphatic rings. The van der Waals surface area contributed by atoms with Crippen molar-refractivity contribution < 1.29 is 19.1 Å². The molecule has 0 spiro atoms. The minimum atomic E-state index is -0.132. The molecule has 24 heavy (non-hydrogen) atoms. The number of nitrogens with zero attached hydrogens (tertiary/aromatic N) is 1. The largest absolute Gasteiger partial charge is 0.497 e. The Morgan fingerprint density at radius 2 is 1.75 bits per heavy atom. The lowest BCUT2D eigenvalue weighted by Gasteiger charge is -2.20. The van der Waals surface area contributed by atoms with Gasteiger partial charge in [-0.2, -0.15) is 0 Å². The number of rotatable bonds is 7. The molecule has 6 heteroatoms. The number of methoxy groups -OCH3 is 2. The summed E-state index contributed by atoms with van der Waals surface area (Å²) in [5.41, 5.74) is 1.81. The van der Waals surface area contributed by atoms with Crippen LogP contribution in [0, 0.1) is 0 Å². The Bertz CT molecular complexity index is 713. The van der Waals surface area contributed by atoms with E-state index in [2.05, 4.69) is 5.32 Å². The maximum absolute atomic E-state index is 11.7. The van der Waals surface area contributed by atoms with Crippen LogP contribution in [0.1, 0.15) is 13.3 Å².